The average molecular weight is 256 g/mol. The van der Waals surface area contributed by atoms with Gasteiger partial charge < -0.3 is 10.5 Å². The van der Waals surface area contributed by atoms with Gasteiger partial charge in [0.2, 0.25) is 0 Å². The molecule has 2 N–H and O–H groups in total. The number of rotatable bonds is 3. The van der Waals surface area contributed by atoms with Crippen LogP contribution in [0.4, 0.5) is 0 Å². The predicted molar refractivity (Wildman–Crippen MR) is 60.5 cm³/mol. The molecule has 14 heavy (non-hydrogen) atoms. The third kappa shape index (κ3) is 2.28. The third-order valence-electron chi connectivity index (χ3n) is 2.54. The number of ether oxygens (including phenoxy) is 1. The molecular weight excluding hydrogens is 242 g/mol. The van der Waals surface area contributed by atoms with E-state index < -0.39 is 0 Å². The highest BCUT2D eigenvalue weighted by molar-refractivity contribution is 9.10. The molecule has 0 spiro atoms. The first-order valence-electron chi connectivity index (χ1n) is 4.77. The summed E-state index contributed by atoms with van der Waals surface area (Å²) in [6, 6.07) is 6.01. The van der Waals surface area contributed by atoms with Crippen LogP contribution in [0.15, 0.2) is 22.7 Å². The van der Waals surface area contributed by atoms with Gasteiger partial charge in [0.15, 0.2) is 0 Å². The molecule has 76 valence electrons. The minimum atomic E-state index is -0.0421. The van der Waals surface area contributed by atoms with Gasteiger partial charge in [0.25, 0.3) is 0 Å². The fourth-order valence-electron chi connectivity index (χ4n) is 1.30. The summed E-state index contributed by atoms with van der Waals surface area (Å²) in [5.41, 5.74) is 7.04. The second-order valence-corrected chi connectivity index (χ2v) is 4.98. The Morgan fingerprint density at radius 3 is 2.79 bits per heavy atom. The second kappa shape index (κ2) is 3.55. The van der Waals surface area contributed by atoms with Gasteiger partial charge in [0, 0.05) is 4.47 Å². The van der Waals surface area contributed by atoms with Crippen LogP contribution in [0.5, 0.6) is 5.75 Å². The highest BCUT2D eigenvalue weighted by Gasteiger charge is 2.39. The Bertz CT molecular complexity index is 347. The van der Waals surface area contributed by atoms with E-state index in [1.54, 1.807) is 0 Å². The third-order valence-corrected chi connectivity index (χ3v) is 3.04. The lowest BCUT2D eigenvalue weighted by Crippen LogP contribution is -2.29. The first-order valence-corrected chi connectivity index (χ1v) is 5.56. The molecule has 2 rings (SSSR count). The number of aryl methyl sites for hydroxylation is 1. The fourth-order valence-corrected chi connectivity index (χ4v) is 1.78. The average Bonchev–Trinajstić information content (AvgIpc) is 2.83. The van der Waals surface area contributed by atoms with Gasteiger partial charge in [-0.15, -0.1) is 0 Å². The highest BCUT2D eigenvalue weighted by Crippen LogP contribution is 2.33. The Balaban J connectivity index is 2.02. The highest BCUT2D eigenvalue weighted by atomic mass is 79.9. The molecule has 3 heteroatoms. The molecule has 1 aliphatic carbocycles. The Kier molecular flexibility index (Phi) is 2.54. The van der Waals surface area contributed by atoms with Gasteiger partial charge in [0.1, 0.15) is 12.4 Å². The molecule has 1 aromatic rings. The Labute approximate surface area is 92.6 Å². The van der Waals surface area contributed by atoms with Gasteiger partial charge in [-0.3, -0.25) is 0 Å². The normalized spacial score (nSPS) is 17.9. The molecule has 0 aromatic heterocycles. The summed E-state index contributed by atoms with van der Waals surface area (Å²) in [7, 11) is 0. The summed E-state index contributed by atoms with van der Waals surface area (Å²) in [6.45, 7) is 2.67. The Morgan fingerprint density at radius 1 is 1.50 bits per heavy atom. The minimum Gasteiger partial charge on any atom is -0.491 e. The molecular formula is C11H14BrNO. The first-order chi connectivity index (χ1) is 6.59. The number of hydrogen-bond donors (Lipinski definition) is 1. The van der Waals surface area contributed by atoms with E-state index in [2.05, 4.69) is 15.9 Å². The van der Waals surface area contributed by atoms with Gasteiger partial charge in [-0.05, 0) is 43.5 Å². The molecule has 0 heterocycles. The van der Waals surface area contributed by atoms with Gasteiger partial charge >= 0.3 is 0 Å². The lowest BCUT2D eigenvalue weighted by atomic mass is 10.2. The zero-order valence-electron chi connectivity index (χ0n) is 8.22. The van der Waals surface area contributed by atoms with E-state index >= 15 is 0 Å². The SMILES string of the molecule is Cc1cc(Br)ccc1OCC1(N)CC1. The number of benzene rings is 1. The van der Waals surface area contributed by atoms with Crippen molar-refractivity contribution in [2.45, 2.75) is 25.3 Å². The van der Waals surface area contributed by atoms with Gasteiger partial charge in [-0.1, -0.05) is 15.9 Å². The van der Waals surface area contributed by atoms with Gasteiger partial charge in [-0.25, -0.2) is 0 Å². The van der Waals surface area contributed by atoms with Crippen LogP contribution in [0.25, 0.3) is 0 Å². The van der Waals surface area contributed by atoms with Crippen molar-refractivity contribution in [1.82, 2.24) is 0 Å². The number of halogens is 1. The van der Waals surface area contributed by atoms with Crippen LogP contribution in [-0.2, 0) is 0 Å². The van der Waals surface area contributed by atoms with Crippen molar-refractivity contribution < 1.29 is 4.74 Å². The van der Waals surface area contributed by atoms with Crippen molar-refractivity contribution >= 4 is 15.9 Å². The Morgan fingerprint density at radius 2 is 2.21 bits per heavy atom. The molecule has 2 nitrogen and oxygen atoms in total. The lowest BCUT2D eigenvalue weighted by molar-refractivity contribution is 0.278. The topological polar surface area (TPSA) is 35.2 Å². The van der Waals surface area contributed by atoms with Gasteiger partial charge in [0.05, 0.1) is 5.54 Å². The van der Waals surface area contributed by atoms with E-state index in [0.717, 1.165) is 28.6 Å². The summed E-state index contributed by atoms with van der Waals surface area (Å²) in [5, 5.41) is 0. The van der Waals surface area contributed by atoms with Crippen LogP contribution in [0.2, 0.25) is 0 Å². The van der Waals surface area contributed by atoms with Crippen molar-refractivity contribution in [1.29, 1.82) is 0 Å². The summed E-state index contributed by atoms with van der Waals surface area (Å²) in [6.07, 6.45) is 2.17. The van der Waals surface area contributed by atoms with Crippen LogP contribution in [0.3, 0.4) is 0 Å². The maximum absolute atomic E-state index is 5.94. The molecule has 0 aliphatic heterocycles. The van der Waals surface area contributed by atoms with E-state index in [1.807, 2.05) is 25.1 Å². The smallest absolute Gasteiger partial charge is 0.122 e. The molecule has 0 atom stereocenters. The van der Waals surface area contributed by atoms with Crippen molar-refractivity contribution in [3.8, 4) is 5.75 Å². The maximum atomic E-state index is 5.94. The van der Waals surface area contributed by atoms with Crippen LogP contribution in [0.1, 0.15) is 18.4 Å². The summed E-state index contributed by atoms with van der Waals surface area (Å²) in [4.78, 5) is 0. The quantitative estimate of drug-likeness (QED) is 0.902. The van der Waals surface area contributed by atoms with Crippen LogP contribution in [-0.4, -0.2) is 12.1 Å². The van der Waals surface area contributed by atoms with Gasteiger partial charge in [-0.2, -0.15) is 0 Å². The van der Waals surface area contributed by atoms with E-state index in [4.69, 9.17) is 10.5 Å². The van der Waals surface area contributed by atoms with Crippen molar-refractivity contribution in [3.05, 3.63) is 28.2 Å². The summed E-state index contributed by atoms with van der Waals surface area (Å²) < 4.78 is 6.75. The first kappa shape index (κ1) is 9.99. The van der Waals surface area contributed by atoms with Crippen LogP contribution < -0.4 is 10.5 Å². The molecule has 0 bridgehead atoms. The van der Waals surface area contributed by atoms with E-state index in [1.165, 1.54) is 0 Å². The van der Waals surface area contributed by atoms with Crippen molar-refractivity contribution in [2.24, 2.45) is 5.73 Å². The zero-order chi connectivity index (χ0) is 10.2. The monoisotopic (exact) mass is 255 g/mol. The summed E-state index contributed by atoms with van der Waals surface area (Å²) in [5.74, 6) is 0.935. The summed E-state index contributed by atoms with van der Waals surface area (Å²) >= 11 is 3.42. The zero-order valence-corrected chi connectivity index (χ0v) is 9.80. The van der Waals surface area contributed by atoms with Crippen molar-refractivity contribution in [3.63, 3.8) is 0 Å². The molecule has 0 amide bonds. The largest absolute Gasteiger partial charge is 0.491 e. The van der Waals surface area contributed by atoms with Crippen molar-refractivity contribution in [2.75, 3.05) is 6.61 Å². The number of hydrogen-bond acceptors (Lipinski definition) is 2. The van der Waals surface area contributed by atoms with E-state index in [-0.39, 0.29) is 5.54 Å². The lowest BCUT2D eigenvalue weighted by Gasteiger charge is -2.13. The Hall–Kier alpha value is -0.540. The fraction of sp³-hybridized carbons (Fsp3) is 0.455. The van der Waals surface area contributed by atoms with E-state index in [0.29, 0.717) is 6.61 Å². The molecule has 1 aromatic carbocycles. The number of nitrogens with two attached hydrogens (primary N) is 1. The molecule has 0 unspecified atom stereocenters. The maximum Gasteiger partial charge on any atom is 0.122 e. The molecule has 0 saturated heterocycles. The second-order valence-electron chi connectivity index (χ2n) is 4.06. The minimum absolute atomic E-state index is 0.0421. The standard InChI is InChI=1S/C11H14BrNO/c1-8-6-9(12)2-3-10(8)14-7-11(13)4-5-11/h2-3,6H,4-5,7,13H2,1H3. The van der Waals surface area contributed by atoms with Crippen LogP contribution >= 0.6 is 15.9 Å². The molecule has 1 fully saturated rings. The predicted octanol–water partition coefficient (Wildman–Crippen LogP) is 2.63. The van der Waals surface area contributed by atoms with Crippen LogP contribution in [0, 0.1) is 6.92 Å². The van der Waals surface area contributed by atoms with E-state index in [9.17, 15) is 0 Å². The molecule has 1 saturated carbocycles. The molecule has 0 radical (unpaired) electrons. The molecule has 1 aliphatic rings.